The van der Waals surface area contributed by atoms with Crippen molar-refractivity contribution in [2.45, 2.75) is 59.0 Å². The van der Waals surface area contributed by atoms with Gasteiger partial charge in [-0.25, -0.2) is 14.4 Å². The molecule has 0 spiro atoms. The lowest BCUT2D eigenvalue weighted by atomic mass is 9.61. The summed E-state index contributed by atoms with van der Waals surface area (Å²) in [5.41, 5.74) is -0.429. The molecule has 0 aromatic heterocycles. The number of fused-ring (bicyclic) bond motifs is 1. The molecule has 6 atom stereocenters. The minimum atomic E-state index is -1.79. The molecule has 3 N–H and O–H groups in total. The van der Waals surface area contributed by atoms with E-state index >= 15 is 0 Å². The van der Waals surface area contributed by atoms with Crippen LogP contribution in [0.25, 0.3) is 0 Å². The predicted molar refractivity (Wildman–Crippen MR) is 141 cm³/mol. The fourth-order valence-electron chi connectivity index (χ4n) is 6.96. The molecule has 0 saturated heterocycles. The van der Waals surface area contributed by atoms with Gasteiger partial charge in [0.05, 0.1) is 23.7 Å². The molecular weight excluding hydrogens is 520 g/mol. The van der Waals surface area contributed by atoms with Crippen LogP contribution in [0.5, 0.6) is 0 Å². The van der Waals surface area contributed by atoms with Gasteiger partial charge in [0.2, 0.25) is 0 Å². The number of aliphatic hydroxyl groups is 2. The minimum Gasteiger partial charge on any atom is -0.478 e. The molecule has 40 heavy (non-hydrogen) atoms. The molecule has 10 nitrogen and oxygen atoms in total. The van der Waals surface area contributed by atoms with Gasteiger partial charge in [-0.2, -0.15) is 0 Å². The maximum atomic E-state index is 13.2. The first-order chi connectivity index (χ1) is 18.9. The second-order valence-corrected chi connectivity index (χ2v) is 12.2. The van der Waals surface area contributed by atoms with Crippen LogP contribution in [0.15, 0.2) is 34.4 Å². The van der Waals surface area contributed by atoms with Gasteiger partial charge in [0, 0.05) is 11.5 Å². The first-order valence-corrected chi connectivity index (χ1v) is 14.1. The van der Waals surface area contributed by atoms with Crippen LogP contribution in [0.1, 0.15) is 53.4 Å². The molecule has 1 fully saturated rings. The molecule has 6 unspecified atom stereocenters. The van der Waals surface area contributed by atoms with Crippen LogP contribution in [0.2, 0.25) is 0 Å². The number of ether oxygens (including phenoxy) is 3. The Morgan fingerprint density at radius 2 is 1.80 bits per heavy atom. The molecule has 2 aliphatic carbocycles. The summed E-state index contributed by atoms with van der Waals surface area (Å²) in [7, 11) is 0. The number of esters is 3. The number of cyclic esters (lactones) is 2. The maximum absolute atomic E-state index is 13.2. The number of aliphatic carboxylic acids is 1. The zero-order valence-electron chi connectivity index (χ0n) is 23.6. The molecule has 2 aliphatic heterocycles. The van der Waals surface area contributed by atoms with Crippen molar-refractivity contribution in [3.63, 3.8) is 0 Å². The second-order valence-electron chi connectivity index (χ2n) is 12.2. The van der Waals surface area contributed by atoms with Crippen molar-refractivity contribution in [2.75, 3.05) is 26.4 Å². The molecule has 0 bridgehead atoms. The Kier molecular flexibility index (Phi) is 8.89. The van der Waals surface area contributed by atoms with Crippen LogP contribution < -0.4 is 0 Å². The van der Waals surface area contributed by atoms with Gasteiger partial charge in [-0.3, -0.25) is 4.79 Å². The SMILES string of the molecule is CC(C)C1CCC2=C(C(=O)OC2)C1/C=C(\CO)C(=O)OCC1(O)CCC(C(C)C)C2C=C(C(=O)O)COC(=O)C21. The minimum absolute atomic E-state index is 0.0448. The summed E-state index contributed by atoms with van der Waals surface area (Å²) < 4.78 is 16.0. The van der Waals surface area contributed by atoms with E-state index in [1.165, 1.54) is 6.08 Å². The number of carboxylic acids is 1. The third-order valence-electron chi connectivity index (χ3n) is 9.19. The third kappa shape index (κ3) is 5.74. The average molecular weight is 561 g/mol. The van der Waals surface area contributed by atoms with E-state index in [2.05, 4.69) is 0 Å². The summed E-state index contributed by atoms with van der Waals surface area (Å²) in [6, 6.07) is 0. The highest BCUT2D eigenvalue weighted by Crippen LogP contribution is 2.48. The normalized spacial score (nSPS) is 32.6. The van der Waals surface area contributed by atoms with Crippen molar-refractivity contribution in [2.24, 2.45) is 41.4 Å². The lowest BCUT2D eigenvalue weighted by Gasteiger charge is -2.46. The van der Waals surface area contributed by atoms with E-state index in [-0.39, 0.29) is 47.8 Å². The Hall–Kier alpha value is -2.98. The number of hydrogen-bond donors (Lipinski definition) is 3. The molecule has 220 valence electrons. The van der Waals surface area contributed by atoms with Gasteiger partial charge in [-0.1, -0.05) is 39.8 Å². The predicted octanol–water partition coefficient (Wildman–Crippen LogP) is 2.58. The van der Waals surface area contributed by atoms with Crippen LogP contribution >= 0.6 is 0 Å². The van der Waals surface area contributed by atoms with E-state index in [1.54, 1.807) is 6.08 Å². The summed E-state index contributed by atoms with van der Waals surface area (Å²) in [6.07, 6.45) is 5.29. The lowest BCUT2D eigenvalue weighted by Crippen LogP contribution is -2.55. The van der Waals surface area contributed by atoms with E-state index in [0.29, 0.717) is 12.0 Å². The highest BCUT2D eigenvalue weighted by atomic mass is 16.6. The number of aliphatic hydroxyl groups excluding tert-OH is 1. The van der Waals surface area contributed by atoms with E-state index in [0.717, 1.165) is 18.4 Å². The Morgan fingerprint density at radius 1 is 1.10 bits per heavy atom. The summed E-state index contributed by atoms with van der Waals surface area (Å²) in [5.74, 6) is -5.05. The Balaban J connectivity index is 1.58. The molecule has 2 heterocycles. The van der Waals surface area contributed by atoms with E-state index in [9.17, 15) is 34.5 Å². The third-order valence-corrected chi connectivity index (χ3v) is 9.19. The molecule has 1 saturated carbocycles. The number of carbonyl (C=O) groups is 4. The largest absolute Gasteiger partial charge is 0.478 e. The summed E-state index contributed by atoms with van der Waals surface area (Å²) in [5, 5.41) is 31.3. The van der Waals surface area contributed by atoms with Gasteiger partial charge in [0.15, 0.2) is 0 Å². The van der Waals surface area contributed by atoms with Gasteiger partial charge in [0.1, 0.15) is 25.4 Å². The van der Waals surface area contributed by atoms with Crippen LogP contribution in [-0.4, -0.2) is 71.2 Å². The molecule has 4 rings (SSSR count). The first kappa shape index (κ1) is 30.0. The quantitative estimate of drug-likeness (QED) is 0.229. The topological polar surface area (TPSA) is 157 Å². The van der Waals surface area contributed by atoms with Gasteiger partial charge >= 0.3 is 23.9 Å². The van der Waals surface area contributed by atoms with Crippen LogP contribution in [0.3, 0.4) is 0 Å². The maximum Gasteiger partial charge on any atom is 0.336 e. The van der Waals surface area contributed by atoms with Gasteiger partial charge in [0.25, 0.3) is 0 Å². The van der Waals surface area contributed by atoms with Crippen LogP contribution in [-0.2, 0) is 33.4 Å². The van der Waals surface area contributed by atoms with Gasteiger partial charge in [-0.15, -0.1) is 0 Å². The van der Waals surface area contributed by atoms with Crippen molar-refractivity contribution in [1.82, 2.24) is 0 Å². The standard InChI is InChI=1S/C30H40O10/c1-15(2)20-6-5-17-12-38-28(35)24(17)22(20)9-18(11-31)27(34)40-14-30(37)8-7-21(16(3)4)23-10-19(26(32)33)13-39-29(36)25(23)30/h9-10,15-16,20-23,25,31,37H,5-8,11-14H2,1-4H3,(H,32,33)/b18-9+. The molecule has 0 radical (unpaired) electrons. The average Bonchev–Trinajstić information content (AvgIpc) is 3.18. The summed E-state index contributed by atoms with van der Waals surface area (Å²) >= 11 is 0. The number of carboxylic acid groups (broad SMARTS) is 1. The first-order valence-electron chi connectivity index (χ1n) is 14.1. The van der Waals surface area contributed by atoms with Crippen molar-refractivity contribution in [3.05, 3.63) is 34.4 Å². The van der Waals surface area contributed by atoms with Crippen LogP contribution in [0, 0.1) is 41.4 Å². The molecule has 0 aromatic rings. The molecular formula is C30H40O10. The molecule has 4 aliphatic rings. The van der Waals surface area contributed by atoms with Crippen molar-refractivity contribution >= 4 is 23.9 Å². The van der Waals surface area contributed by atoms with Crippen molar-refractivity contribution in [3.8, 4) is 0 Å². The molecule has 10 heteroatoms. The molecule has 0 amide bonds. The van der Waals surface area contributed by atoms with E-state index < -0.39 is 67.1 Å². The number of hydrogen-bond acceptors (Lipinski definition) is 9. The van der Waals surface area contributed by atoms with Crippen LogP contribution in [0.4, 0.5) is 0 Å². The number of allylic oxidation sites excluding steroid dienone is 2. The van der Waals surface area contributed by atoms with Crippen molar-refractivity contribution in [1.29, 1.82) is 0 Å². The highest BCUT2D eigenvalue weighted by molar-refractivity contribution is 5.94. The zero-order valence-corrected chi connectivity index (χ0v) is 23.6. The fourth-order valence-corrected chi connectivity index (χ4v) is 6.96. The lowest BCUT2D eigenvalue weighted by molar-refractivity contribution is -0.181. The Bertz CT molecular complexity index is 1150. The number of rotatable bonds is 8. The van der Waals surface area contributed by atoms with Crippen molar-refractivity contribution < 1.29 is 48.7 Å². The highest BCUT2D eigenvalue weighted by Gasteiger charge is 2.54. The smallest absolute Gasteiger partial charge is 0.336 e. The van der Waals surface area contributed by atoms with E-state index in [4.69, 9.17) is 14.2 Å². The second kappa shape index (κ2) is 11.9. The zero-order chi connectivity index (χ0) is 29.4. The fraction of sp³-hybridized carbons (Fsp3) is 0.667. The monoisotopic (exact) mass is 560 g/mol. The Labute approximate surface area is 234 Å². The van der Waals surface area contributed by atoms with Gasteiger partial charge < -0.3 is 29.5 Å². The van der Waals surface area contributed by atoms with E-state index in [1.807, 2.05) is 27.7 Å². The Morgan fingerprint density at radius 3 is 2.42 bits per heavy atom. The summed E-state index contributed by atoms with van der Waals surface area (Å²) in [4.78, 5) is 50.5. The summed E-state index contributed by atoms with van der Waals surface area (Å²) in [6.45, 7) is 6.71. The number of carbonyl (C=O) groups excluding carboxylic acids is 3. The molecule has 0 aromatic carbocycles. The van der Waals surface area contributed by atoms with Gasteiger partial charge in [-0.05, 0) is 60.8 Å².